The highest BCUT2D eigenvalue weighted by Gasteiger charge is 2.38. The zero-order chi connectivity index (χ0) is 25.3. The van der Waals surface area contributed by atoms with Gasteiger partial charge in [-0.05, 0) is 56.7 Å². The molecule has 34 heavy (non-hydrogen) atoms. The quantitative estimate of drug-likeness (QED) is 0.383. The number of ether oxygens (including phenoxy) is 1. The Bertz CT molecular complexity index is 1150. The van der Waals surface area contributed by atoms with Crippen molar-refractivity contribution in [1.82, 2.24) is 10.1 Å². The first-order valence-electron chi connectivity index (χ1n) is 9.82. The number of benzene rings is 2. The lowest BCUT2D eigenvalue weighted by atomic mass is 10.1. The van der Waals surface area contributed by atoms with Crippen molar-refractivity contribution < 1.29 is 40.4 Å². The highest BCUT2D eigenvalue weighted by Crippen LogP contribution is 2.34. The molecule has 0 aliphatic carbocycles. The van der Waals surface area contributed by atoms with Crippen molar-refractivity contribution in [2.75, 3.05) is 4.90 Å². The van der Waals surface area contributed by atoms with Crippen molar-refractivity contribution in [2.45, 2.75) is 45.3 Å². The number of alkyl halides is 6. The molecule has 0 aliphatic rings. The van der Waals surface area contributed by atoms with Gasteiger partial charge in [0.2, 0.25) is 5.82 Å². The normalized spacial score (nSPS) is 12.5. The molecule has 0 aliphatic heterocycles. The Morgan fingerprint density at radius 1 is 0.941 bits per heavy atom. The molecule has 0 spiro atoms. The molecular weight excluding hydrogens is 468 g/mol. The van der Waals surface area contributed by atoms with Crippen molar-refractivity contribution >= 4 is 11.8 Å². The zero-order valence-electron chi connectivity index (χ0n) is 18.2. The fraction of sp³-hybridized carbons (Fsp3) is 0.318. The third-order valence-corrected chi connectivity index (χ3v) is 4.37. The molecule has 3 aromatic rings. The van der Waals surface area contributed by atoms with Gasteiger partial charge in [0, 0.05) is 11.3 Å². The molecule has 0 bridgehead atoms. The molecule has 0 saturated heterocycles. The maximum Gasteiger partial charge on any atom is 0.471 e. The summed E-state index contributed by atoms with van der Waals surface area (Å²) < 4.78 is 88.0. The van der Waals surface area contributed by atoms with Crippen molar-refractivity contribution in [2.24, 2.45) is 0 Å². The van der Waals surface area contributed by atoms with Gasteiger partial charge >= 0.3 is 24.3 Å². The molecule has 1 aromatic heterocycles. The minimum Gasteiger partial charge on any atom is -0.443 e. The molecule has 182 valence electrons. The van der Waals surface area contributed by atoms with Crippen LogP contribution in [-0.4, -0.2) is 21.8 Å². The average molecular weight is 487 g/mol. The van der Waals surface area contributed by atoms with Gasteiger partial charge in [-0.15, -0.1) is 0 Å². The summed E-state index contributed by atoms with van der Waals surface area (Å²) in [6.07, 6.45) is -10.4. The summed E-state index contributed by atoms with van der Waals surface area (Å²) in [5.74, 6) is -1.86. The molecule has 0 atom stereocenters. The molecule has 0 N–H and O–H groups in total. The van der Waals surface area contributed by atoms with E-state index in [1.54, 1.807) is 20.8 Å². The summed E-state index contributed by atoms with van der Waals surface area (Å²) in [4.78, 5) is 17.1. The second kappa shape index (κ2) is 8.99. The molecule has 0 fully saturated rings. The van der Waals surface area contributed by atoms with Gasteiger partial charge in [-0.25, -0.2) is 4.79 Å². The first kappa shape index (κ1) is 25.1. The minimum atomic E-state index is -4.81. The van der Waals surface area contributed by atoms with Gasteiger partial charge in [-0.1, -0.05) is 23.4 Å². The Labute approximate surface area is 190 Å². The number of carbonyl (C=O) groups excluding carboxylic acids is 1. The number of rotatable bonds is 4. The van der Waals surface area contributed by atoms with E-state index in [9.17, 15) is 31.1 Å². The zero-order valence-corrected chi connectivity index (χ0v) is 18.2. The molecule has 12 heteroatoms. The third kappa shape index (κ3) is 6.06. The molecular formula is C22H19F6N3O3. The molecule has 3 rings (SSSR count). The van der Waals surface area contributed by atoms with Gasteiger partial charge < -0.3 is 9.26 Å². The highest BCUT2D eigenvalue weighted by atomic mass is 19.4. The Kier molecular flexibility index (Phi) is 6.63. The summed E-state index contributed by atoms with van der Waals surface area (Å²) in [5, 5.41) is 3.28. The third-order valence-electron chi connectivity index (χ3n) is 4.37. The summed E-state index contributed by atoms with van der Waals surface area (Å²) >= 11 is 0. The molecule has 1 amide bonds. The standard InChI is InChI=1S/C22H19F6N3O3/c1-20(2,3)33-19(32)31(12-14-6-4-5-7-16(14)21(23,24)25)15-10-8-13(9-11-15)17-29-18(34-30-17)22(26,27)28/h4-11H,12H2,1-3H3. The van der Waals surface area contributed by atoms with Crippen molar-refractivity contribution in [3.05, 3.63) is 65.5 Å². The average Bonchev–Trinajstić information content (AvgIpc) is 3.21. The monoisotopic (exact) mass is 487 g/mol. The first-order valence-corrected chi connectivity index (χ1v) is 9.82. The van der Waals surface area contributed by atoms with Crippen LogP contribution < -0.4 is 4.90 Å². The number of hydrogen-bond donors (Lipinski definition) is 0. The summed E-state index contributed by atoms with van der Waals surface area (Å²) in [6, 6.07) is 10.1. The molecule has 0 saturated carbocycles. The number of amides is 1. The van der Waals surface area contributed by atoms with Crippen LogP contribution in [-0.2, 0) is 23.6 Å². The highest BCUT2D eigenvalue weighted by molar-refractivity contribution is 5.88. The van der Waals surface area contributed by atoms with Crippen LogP contribution in [0.2, 0.25) is 0 Å². The van der Waals surface area contributed by atoms with E-state index in [0.29, 0.717) is 0 Å². The van der Waals surface area contributed by atoms with Crippen LogP contribution in [0.1, 0.15) is 37.8 Å². The van der Waals surface area contributed by atoms with Crippen LogP contribution in [0.25, 0.3) is 11.4 Å². The predicted molar refractivity (Wildman–Crippen MR) is 109 cm³/mol. The van der Waals surface area contributed by atoms with Crippen LogP contribution in [0.5, 0.6) is 0 Å². The number of nitrogens with zero attached hydrogens (tertiary/aromatic N) is 3. The maximum atomic E-state index is 13.5. The Balaban J connectivity index is 1.96. The van der Waals surface area contributed by atoms with Gasteiger partial charge in [0.15, 0.2) is 0 Å². The van der Waals surface area contributed by atoms with Gasteiger partial charge in [-0.3, -0.25) is 4.90 Å². The number of aromatic nitrogens is 2. The lowest BCUT2D eigenvalue weighted by Crippen LogP contribution is -2.37. The molecule has 6 nitrogen and oxygen atoms in total. The Morgan fingerprint density at radius 2 is 1.56 bits per heavy atom. The largest absolute Gasteiger partial charge is 0.471 e. The topological polar surface area (TPSA) is 68.5 Å². The lowest BCUT2D eigenvalue weighted by molar-refractivity contribution is -0.159. The summed E-state index contributed by atoms with van der Waals surface area (Å²) in [6.45, 7) is 4.34. The smallest absolute Gasteiger partial charge is 0.443 e. The molecule has 0 unspecified atom stereocenters. The second-order valence-corrected chi connectivity index (χ2v) is 8.19. The van der Waals surface area contributed by atoms with Gasteiger partial charge in [-0.2, -0.15) is 31.3 Å². The predicted octanol–water partition coefficient (Wildman–Crippen LogP) is 6.72. The van der Waals surface area contributed by atoms with Gasteiger partial charge in [0.1, 0.15) is 5.60 Å². The minimum absolute atomic E-state index is 0.142. The van der Waals surface area contributed by atoms with E-state index in [2.05, 4.69) is 14.7 Å². The van der Waals surface area contributed by atoms with Gasteiger partial charge in [0.25, 0.3) is 0 Å². The Morgan fingerprint density at radius 3 is 2.09 bits per heavy atom. The van der Waals surface area contributed by atoms with Crippen LogP contribution in [0.3, 0.4) is 0 Å². The number of hydrogen-bond acceptors (Lipinski definition) is 5. The van der Waals surface area contributed by atoms with E-state index >= 15 is 0 Å². The van der Waals surface area contributed by atoms with Crippen LogP contribution >= 0.6 is 0 Å². The number of carbonyl (C=O) groups is 1. The van der Waals surface area contributed by atoms with Crippen LogP contribution in [0.15, 0.2) is 53.1 Å². The Hall–Kier alpha value is -3.57. The number of halogens is 6. The van der Waals surface area contributed by atoms with E-state index in [-0.39, 0.29) is 22.6 Å². The van der Waals surface area contributed by atoms with E-state index in [4.69, 9.17) is 4.74 Å². The lowest BCUT2D eigenvalue weighted by Gasteiger charge is -2.28. The fourth-order valence-corrected chi connectivity index (χ4v) is 2.93. The van der Waals surface area contributed by atoms with Crippen LogP contribution in [0.4, 0.5) is 36.8 Å². The summed E-state index contributed by atoms with van der Waals surface area (Å²) in [5.41, 5.74) is -1.72. The maximum absolute atomic E-state index is 13.5. The molecule has 1 heterocycles. The van der Waals surface area contributed by atoms with E-state index in [1.807, 2.05) is 0 Å². The van der Waals surface area contributed by atoms with E-state index < -0.39 is 42.0 Å². The summed E-state index contributed by atoms with van der Waals surface area (Å²) in [7, 11) is 0. The molecule has 2 aromatic carbocycles. The second-order valence-electron chi connectivity index (χ2n) is 8.19. The van der Waals surface area contributed by atoms with E-state index in [0.717, 1.165) is 11.0 Å². The first-order chi connectivity index (χ1) is 15.6. The fourth-order valence-electron chi connectivity index (χ4n) is 2.93. The SMILES string of the molecule is CC(C)(C)OC(=O)N(Cc1ccccc1C(F)(F)F)c1ccc(-c2noc(C(F)(F)F)n2)cc1. The van der Waals surface area contributed by atoms with Crippen LogP contribution in [0, 0.1) is 0 Å². The van der Waals surface area contributed by atoms with Gasteiger partial charge in [0.05, 0.1) is 12.1 Å². The number of anilines is 1. The van der Waals surface area contributed by atoms with E-state index in [1.165, 1.54) is 42.5 Å². The van der Waals surface area contributed by atoms with Crippen molar-refractivity contribution in [1.29, 1.82) is 0 Å². The molecule has 0 radical (unpaired) electrons. The van der Waals surface area contributed by atoms with Crippen molar-refractivity contribution in [3.8, 4) is 11.4 Å². The van der Waals surface area contributed by atoms with Crippen molar-refractivity contribution in [3.63, 3.8) is 0 Å².